The number of fused-ring (bicyclic) bond motifs is 10. The maximum atomic E-state index is 9.52. The summed E-state index contributed by atoms with van der Waals surface area (Å²) in [7, 11) is 0. The topological polar surface area (TPSA) is 17.0 Å². The summed E-state index contributed by atoms with van der Waals surface area (Å²) in [6, 6.07) is 23.5. The highest BCUT2D eigenvalue weighted by Gasteiger charge is 2.34. The van der Waals surface area contributed by atoms with E-state index in [0.717, 1.165) is 51.6 Å². The van der Waals surface area contributed by atoms with Crippen molar-refractivity contribution >= 4 is 43.5 Å². The van der Waals surface area contributed by atoms with Crippen molar-refractivity contribution < 1.29 is 14.5 Å². The molecule has 3 heterocycles. The highest BCUT2D eigenvalue weighted by Crippen LogP contribution is 2.45. The minimum absolute atomic E-state index is 0.179. The van der Waals surface area contributed by atoms with Crippen LogP contribution in [0.5, 0.6) is 0 Å². The fourth-order valence-electron chi connectivity index (χ4n) is 6.71. The van der Waals surface area contributed by atoms with Gasteiger partial charge in [-0.1, -0.05) is 56.3 Å². The minimum Gasteiger partial charge on any atom is -0.455 e. The van der Waals surface area contributed by atoms with E-state index < -0.39 is 12.7 Å². The zero-order chi connectivity index (χ0) is 28.3. The van der Waals surface area contributed by atoms with Crippen LogP contribution in [0.2, 0.25) is 0 Å². The molecule has 37 heavy (non-hydrogen) atoms. The summed E-state index contributed by atoms with van der Waals surface area (Å²) in [5, 5.41) is 6.89. The van der Waals surface area contributed by atoms with Crippen LogP contribution in [-0.4, -0.2) is 0 Å². The standard InChI is InChI=1S/C35H32NO/c1-21-19-36-20-25-10-11-27-30-16-24-9-8-22-6-4-5-7-26(22)29(24)18-32(30)37-34(27)33(25)31(36)17-28(21)23-12-14-35(2,3)15-13-23/h4-11,16-19,23H,12-15,20H2,1-3H3/q+1/i1D3,23D. The summed E-state index contributed by atoms with van der Waals surface area (Å²) < 4.78 is 43.4. The van der Waals surface area contributed by atoms with Crippen LogP contribution in [0.1, 0.15) is 67.6 Å². The molecule has 0 atom stereocenters. The number of aromatic nitrogens is 1. The van der Waals surface area contributed by atoms with Crippen LogP contribution in [-0.2, 0) is 6.54 Å². The van der Waals surface area contributed by atoms with Gasteiger partial charge in [0.15, 0.2) is 12.7 Å². The second kappa shape index (κ2) is 7.44. The number of hydrogen-bond acceptors (Lipinski definition) is 1. The lowest BCUT2D eigenvalue weighted by Crippen LogP contribution is -2.33. The molecule has 1 fully saturated rings. The van der Waals surface area contributed by atoms with Gasteiger partial charge < -0.3 is 4.42 Å². The van der Waals surface area contributed by atoms with Crippen LogP contribution in [0.15, 0.2) is 77.3 Å². The molecule has 2 aromatic heterocycles. The van der Waals surface area contributed by atoms with Crippen molar-refractivity contribution in [1.29, 1.82) is 0 Å². The summed E-state index contributed by atoms with van der Waals surface area (Å²) in [6.45, 7) is 2.80. The third-order valence-electron chi connectivity index (χ3n) is 8.94. The van der Waals surface area contributed by atoms with Crippen molar-refractivity contribution in [3.8, 4) is 11.3 Å². The van der Waals surface area contributed by atoms with Crippen molar-refractivity contribution in [3.63, 3.8) is 0 Å². The average molecular weight is 487 g/mol. The molecule has 0 spiro atoms. The van der Waals surface area contributed by atoms with Crippen LogP contribution >= 0.6 is 0 Å². The third kappa shape index (κ3) is 3.14. The lowest BCUT2D eigenvalue weighted by molar-refractivity contribution is -0.672. The van der Waals surface area contributed by atoms with Gasteiger partial charge in [0.25, 0.3) is 0 Å². The molecule has 2 nitrogen and oxygen atoms in total. The summed E-state index contributed by atoms with van der Waals surface area (Å²) in [5.41, 5.74) is 5.90. The largest absolute Gasteiger partial charge is 0.455 e. The van der Waals surface area contributed by atoms with E-state index >= 15 is 0 Å². The van der Waals surface area contributed by atoms with E-state index in [-0.39, 0.29) is 5.41 Å². The van der Waals surface area contributed by atoms with Gasteiger partial charge >= 0.3 is 0 Å². The molecular weight excluding hydrogens is 450 g/mol. The monoisotopic (exact) mass is 486 g/mol. The summed E-state index contributed by atoms with van der Waals surface area (Å²) in [5.74, 6) is -0.919. The zero-order valence-electron chi connectivity index (χ0n) is 25.3. The van der Waals surface area contributed by atoms with Crippen molar-refractivity contribution in [2.45, 2.75) is 58.8 Å². The van der Waals surface area contributed by atoms with Gasteiger partial charge in [-0.25, -0.2) is 0 Å². The fourth-order valence-corrected chi connectivity index (χ4v) is 6.71. The molecule has 8 rings (SSSR count). The number of nitrogens with zero attached hydrogens (tertiary/aromatic N) is 1. The Bertz CT molecular complexity index is 2060. The van der Waals surface area contributed by atoms with Gasteiger partial charge in [0, 0.05) is 33.4 Å². The third-order valence-corrected chi connectivity index (χ3v) is 8.94. The van der Waals surface area contributed by atoms with Gasteiger partial charge in [-0.3, -0.25) is 0 Å². The number of pyridine rings is 1. The Morgan fingerprint density at radius 3 is 2.59 bits per heavy atom. The molecule has 0 radical (unpaired) electrons. The Morgan fingerprint density at radius 2 is 1.73 bits per heavy atom. The molecule has 2 heteroatoms. The fraction of sp³-hybridized carbons (Fsp3) is 0.286. The normalized spacial score (nSPS) is 19.9. The molecule has 2 aliphatic rings. The van der Waals surface area contributed by atoms with Gasteiger partial charge in [0.1, 0.15) is 11.2 Å². The van der Waals surface area contributed by atoms with Crippen molar-refractivity contribution in [2.75, 3.05) is 0 Å². The maximum absolute atomic E-state index is 9.52. The molecule has 4 aromatic carbocycles. The molecule has 0 N–H and O–H groups in total. The molecular formula is C35H32NO+. The van der Waals surface area contributed by atoms with Crippen LogP contribution < -0.4 is 4.57 Å². The first-order chi connectivity index (χ1) is 19.5. The van der Waals surface area contributed by atoms with Crippen molar-refractivity contribution in [1.82, 2.24) is 0 Å². The molecule has 1 aliphatic heterocycles. The summed E-state index contributed by atoms with van der Waals surface area (Å²) in [4.78, 5) is 0. The predicted molar refractivity (Wildman–Crippen MR) is 153 cm³/mol. The molecule has 6 aromatic rings. The molecule has 0 amide bonds. The SMILES string of the molecule is [2H]C([2H])([2H])c1c[n+]2c(cc1C1([2H])CCC(C)(C)CC1)-c1c(ccc3c1oc1cc4c(ccc5ccccc54)cc13)C2. The first-order valence-electron chi connectivity index (χ1n) is 15.4. The number of furan rings is 1. The quantitative estimate of drug-likeness (QED) is 0.167. The van der Waals surface area contributed by atoms with E-state index in [1.165, 1.54) is 21.5 Å². The van der Waals surface area contributed by atoms with Gasteiger partial charge in [-0.2, -0.15) is 4.57 Å². The van der Waals surface area contributed by atoms with E-state index in [9.17, 15) is 1.37 Å². The number of rotatable bonds is 1. The van der Waals surface area contributed by atoms with Crippen molar-refractivity contribution in [2.24, 2.45) is 5.41 Å². The molecule has 0 bridgehead atoms. The van der Waals surface area contributed by atoms with Crippen LogP contribution in [0.3, 0.4) is 0 Å². The Labute approximate surface area is 223 Å². The Balaban J connectivity index is 1.36. The Kier molecular flexibility index (Phi) is 3.57. The number of benzene rings is 4. The first-order valence-corrected chi connectivity index (χ1v) is 13.4. The van der Waals surface area contributed by atoms with Gasteiger partial charge in [0.2, 0.25) is 5.69 Å². The highest BCUT2D eigenvalue weighted by molar-refractivity contribution is 6.17. The van der Waals surface area contributed by atoms with Gasteiger partial charge in [-0.15, -0.1) is 0 Å². The second-order valence-corrected chi connectivity index (χ2v) is 11.8. The molecule has 1 saturated carbocycles. The zero-order valence-corrected chi connectivity index (χ0v) is 21.3. The Morgan fingerprint density at radius 1 is 0.892 bits per heavy atom. The first kappa shape index (κ1) is 17.7. The Hall–Kier alpha value is -3.65. The smallest absolute Gasteiger partial charge is 0.217 e. The van der Waals surface area contributed by atoms with E-state index in [4.69, 9.17) is 8.53 Å². The summed E-state index contributed by atoms with van der Waals surface area (Å²) >= 11 is 0. The number of hydrogen-bond donors (Lipinski definition) is 0. The van der Waals surface area contributed by atoms with Crippen LogP contribution in [0.25, 0.3) is 54.7 Å². The van der Waals surface area contributed by atoms with E-state index in [1.807, 2.05) is 10.6 Å². The second-order valence-electron chi connectivity index (χ2n) is 11.8. The lowest BCUT2D eigenvalue weighted by atomic mass is 9.71. The molecule has 1 aliphatic carbocycles. The van der Waals surface area contributed by atoms with Gasteiger partial charge in [-0.05, 0) is 89.2 Å². The average Bonchev–Trinajstić information content (AvgIpc) is 3.49. The van der Waals surface area contributed by atoms with Gasteiger partial charge in [0.05, 0.1) is 5.56 Å². The maximum Gasteiger partial charge on any atom is 0.217 e. The molecule has 182 valence electrons. The number of aryl methyl sites for hydroxylation is 1. The highest BCUT2D eigenvalue weighted by atomic mass is 16.3. The lowest BCUT2D eigenvalue weighted by Gasteiger charge is -2.34. The molecule has 0 unspecified atom stereocenters. The van der Waals surface area contributed by atoms with E-state index in [1.54, 1.807) is 6.20 Å². The summed E-state index contributed by atoms with van der Waals surface area (Å²) in [6.07, 6.45) is 4.94. The van der Waals surface area contributed by atoms with E-state index in [0.29, 0.717) is 30.5 Å². The molecule has 0 saturated heterocycles. The van der Waals surface area contributed by atoms with Crippen LogP contribution in [0.4, 0.5) is 0 Å². The van der Waals surface area contributed by atoms with Crippen LogP contribution in [0, 0.1) is 12.3 Å². The van der Waals surface area contributed by atoms with E-state index in [2.05, 4.69) is 74.5 Å². The predicted octanol–water partition coefficient (Wildman–Crippen LogP) is 9.20. The minimum atomic E-state index is -2.29. The van der Waals surface area contributed by atoms with Crippen molar-refractivity contribution in [3.05, 3.63) is 89.6 Å².